The van der Waals surface area contributed by atoms with Gasteiger partial charge in [-0.2, -0.15) is 0 Å². The van der Waals surface area contributed by atoms with E-state index in [1.807, 2.05) is 37.1 Å². The summed E-state index contributed by atoms with van der Waals surface area (Å²) in [7, 11) is 4.89. The van der Waals surface area contributed by atoms with Gasteiger partial charge in [0.05, 0.1) is 26.3 Å². The highest BCUT2D eigenvalue weighted by Crippen LogP contribution is 2.22. The number of rotatable bonds is 7. The fourth-order valence-corrected chi connectivity index (χ4v) is 3.30. The zero-order valence-corrected chi connectivity index (χ0v) is 17.7. The highest BCUT2D eigenvalue weighted by Gasteiger charge is 2.12. The molecule has 0 radical (unpaired) electrons. The lowest BCUT2D eigenvalue weighted by Crippen LogP contribution is -2.30. The van der Waals surface area contributed by atoms with E-state index < -0.39 is 5.97 Å². The summed E-state index contributed by atoms with van der Waals surface area (Å²) in [5.41, 5.74) is 3.01. The van der Waals surface area contributed by atoms with Crippen LogP contribution in [-0.4, -0.2) is 44.6 Å². The van der Waals surface area contributed by atoms with Gasteiger partial charge in [0.25, 0.3) is 0 Å². The zero-order chi connectivity index (χ0) is 21.7. The van der Waals surface area contributed by atoms with E-state index in [1.165, 1.54) is 7.11 Å². The molecule has 3 aromatic rings. The second kappa shape index (κ2) is 9.41. The molecule has 0 saturated heterocycles. The van der Waals surface area contributed by atoms with Crippen LogP contribution in [-0.2, 0) is 16.1 Å². The Morgan fingerprint density at radius 1 is 0.967 bits per heavy atom. The summed E-state index contributed by atoms with van der Waals surface area (Å²) in [6.07, 6.45) is 0. The van der Waals surface area contributed by atoms with Crippen molar-refractivity contribution in [3.05, 3.63) is 71.3 Å². The van der Waals surface area contributed by atoms with Gasteiger partial charge in [-0.3, -0.25) is 9.69 Å². The summed E-state index contributed by atoms with van der Waals surface area (Å²) < 4.78 is 10.0. The second-order valence-corrected chi connectivity index (χ2v) is 7.29. The molecular formula is C24H26N2O4. The number of esters is 1. The Morgan fingerprint density at radius 3 is 2.43 bits per heavy atom. The Balaban J connectivity index is 1.63. The quantitative estimate of drug-likeness (QED) is 0.601. The van der Waals surface area contributed by atoms with Gasteiger partial charge in [0, 0.05) is 12.2 Å². The number of carbonyl (C=O) groups is 2. The van der Waals surface area contributed by atoms with E-state index >= 15 is 0 Å². The van der Waals surface area contributed by atoms with Gasteiger partial charge in [-0.05, 0) is 66.2 Å². The number of fused-ring (bicyclic) bond motifs is 1. The topological polar surface area (TPSA) is 67.9 Å². The van der Waals surface area contributed by atoms with Crippen LogP contribution in [0.2, 0.25) is 0 Å². The van der Waals surface area contributed by atoms with Crippen molar-refractivity contribution in [2.75, 3.05) is 33.1 Å². The van der Waals surface area contributed by atoms with Crippen LogP contribution in [0, 0.1) is 6.92 Å². The van der Waals surface area contributed by atoms with Gasteiger partial charge in [-0.15, -0.1) is 0 Å². The van der Waals surface area contributed by atoms with Crippen LogP contribution < -0.4 is 10.1 Å². The number of aryl methyl sites for hydroxylation is 1. The van der Waals surface area contributed by atoms with Crippen molar-refractivity contribution in [1.29, 1.82) is 0 Å². The average Bonchev–Trinajstić information content (AvgIpc) is 2.74. The van der Waals surface area contributed by atoms with Crippen LogP contribution in [0.5, 0.6) is 5.75 Å². The van der Waals surface area contributed by atoms with Gasteiger partial charge >= 0.3 is 5.97 Å². The number of likely N-dealkylation sites (N-methyl/N-ethyl adjacent to an activating group) is 1. The van der Waals surface area contributed by atoms with Crippen molar-refractivity contribution in [3.63, 3.8) is 0 Å². The van der Waals surface area contributed by atoms with Crippen molar-refractivity contribution in [2.24, 2.45) is 0 Å². The summed E-state index contributed by atoms with van der Waals surface area (Å²) in [5, 5.41) is 5.12. The summed E-state index contributed by atoms with van der Waals surface area (Å²) in [6.45, 7) is 2.74. The first-order valence-electron chi connectivity index (χ1n) is 9.63. The molecule has 0 atom stereocenters. The molecule has 0 bridgehead atoms. The molecule has 0 aliphatic rings. The number of ether oxygens (including phenoxy) is 2. The van der Waals surface area contributed by atoms with Crippen LogP contribution in [0.4, 0.5) is 5.69 Å². The Kier molecular flexibility index (Phi) is 6.69. The van der Waals surface area contributed by atoms with Gasteiger partial charge in [0.1, 0.15) is 5.75 Å². The molecule has 3 aromatic carbocycles. The van der Waals surface area contributed by atoms with E-state index in [1.54, 1.807) is 25.3 Å². The van der Waals surface area contributed by atoms with Crippen molar-refractivity contribution in [2.45, 2.75) is 13.5 Å². The maximum absolute atomic E-state index is 12.5. The van der Waals surface area contributed by atoms with Crippen molar-refractivity contribution < 1.29 is 19.1 Å². The van der Waals surface area contributed by atoms with Crippen LogP contribution in [0.25, 0.3) is 10.8 Å². The minimum Gasteiger partial charge on any atom is -0.497 e. The van der Waals surface area contributed by atoms with Crippen molar-refractivity contribution in [3.8, 4) is 5.75 Å². The molecule has 0 saturated carbocycles. The largest absolute Gasteiger partial charge is 0.497 e. The molecule has 3 rings (SSSR count). The SMILES string of the molecule is COC(=O)c1ccc(C)c(NC(=O)CN(C)Cc2ccc3cc(OC)ccc3c2)c1. The first kappa shape index (κ1) is 21.3. The number of amides is 1. The van der Waals surface area contributed by atoms with Gasteiger partial charge in [-0.1, -0.05) is 24.3 Å². The molecule has 0 spiro atoms. The fraction of sp³-hybridized carbons (Fsp3) is 0.250. The van der Waals surface area contributed by atoms with Gasteiger partial charge in [-0.25, -0.2) is 4.79 Å². The lowest BCUT2D eigenvalue weighted by molar-refractivity contribution is -0.117. The Morgan fingerprint density at radius 2 is 1.70 bits per heavy atom. The predicted molar refractivity (Wildman–Crippen MR) is 118 cm³/mol. The molecule has 0 aromatic heterocycles. The molecule has 6 nitrogen and oxygen atoms in total. The third-order valence-electron chi connectivity index (χ3n) is 4.91. The fourth-order valence-electron chi connectivity index (χ4n) is 3.30. The third-order valence-corrected chi connectivity index (χ3v) is 4.91. The van der Waals surface area contributed by atoms with Gasteiger partial charge < -0.3 is 14.8 Å². The van der Waals surface area contributed by atoms with E-state index in [9.17, 15) is 9.59 Å². The number of nitrogens with zero attached hydrogens (tertiary/aromatic N) is 1. The number of benzene rings is 3. The molecule has 1 amide bonds. The highest BCUT2D eigenvalue weighted by molar-refractivity contribution is 5.96. The standard InChI is InChI=1S/C24H26N2O4/c1-16-5-7-20(24(28)30-4)13-22(16)25-23(27)15-26(2)14-17-6-8-19-12-21(29-3)10-9-18(19)11-17/h5-13H,14-15H2,1-4H3,(H,25,27). The van der Waals surface area contributed by atoms with E-state index in [0.717, 1.165) is 27.6 Å². The first-order chi connectivity index (χ1) is 14.4. The van der Waals surface area contributed by atoms with Crippen LogP contribution >= 0.6 is 0 Å². The van der Waals surface area contributed by atoms with Crippen LogP contribution in [0.15, 0.2) is 54.6 Å². The molecule has 0 heterocycles. The predicted octanol–water partition coefficient (Wildman–Crippen LogP) is 4.01. The zero-order valence-electron chi connectivity index (χ0n) is 17.7. The van der Waals surface area contributed by atoms with Crippen molar-refractivity contribution >= 4 is 28.3 Å². The number of hydrogen-bond acceptors (Lipinski definition) is 5. The van der Waals surface area contributed by atoms with Crippen LogP contribution in [0.3, 0.4) is 0 Å². The molecule has 0 unspecified atom stereocenters. The van der Waals surface area contributed by atoms with Crippen LogP contribution in [0.1, 0.15) is 21.5 Å². The molecule has 0 fully saturated rings. The Labute approximate surface area is 176 Å². The summed E-state index contributed by atoms with van der Waals surface area (Å²) in [4.78, 5) is 26.2. The molecule has 0 aliphatic carbocycles. The molecule has 30 heavy (non-hydrogen) atoms. The van der Waals surface area contributed by atoms with E-state index in [-0.39, 0.29) is 12.5 Å². The molecule has 0 aliphatic heterocycles. The minimum absolute atomic E-state index is 0.145. The summed E-state index contributed by atoms with van der Waals surface area (Å²) in [5.74, 6) is 0.250. The third kappa shape index (κ3) is 5.15. The lowest BCUT2D eigenvalue weighted by Gasteiger charge is -2.17. The monoisotopic (exact) mass is 406 g/mol. The van der Waals surface area contributed by atoms with E-state index in [0.29, 0.717) is 17.8 Å². The smallest absolute Gasteiger partial charge is 0.337 e. The number of methoxy groups -OCH3 is 2. The Hall–Kier alpha value is -3.38. The number of hydrogen-bond donors (Lipinski definition) is 1. The number of nitrogens with one attached hydrogen (secondary N) is 1. The lowest BCUT2D eigenvalue weighted by atomic mass is 10.1. The number of anilines is 1. The van der Waals surface area contributed by atoms with Gasteiger partial charge in [0.2, 0.25) is 5.91 Å². The minimum atomic E-state index is -0.434. The summed E-state index contributed by atoms with van der Waals surface area (Å²) in [6, 6.07) is 17.3. The highest BCUT2D eigenvalue weighted by atomic mass is 16.5. The number of carbonyl (C=O) groups excluding carboxylic acids is 2. The van der Waals surface area contributed by atoms with Crippen molar-refractivity contribution in [1.82, 2.24) is 4.90 Å². The molecule has 156 valence electrons. The summed E-state index contributed by atoms with van der Waals surface area (Å²) >= 11 is 0. The average molecular weight is 406 g/mol. The van der Waals surface area contributed by atoms with E-state index in [4.69, 9.17) is 9.47 Å². The molecule has 6 heteroatoms. The maximum Gasteiger partial charge on any atom is 0.337 e. The normalized spacial score (nSPS) is 10.8. The first-order valence-corrected chi connectivity index (χ1v) is 9.63. The van der Waals surface area contributed by atoms with Gasteiger partial charge in [0.15, 0.2) is 0 Å². The molecular weight excluding hydrogens is 380 g/mol. The second-order valence-electron chi connectivity index (χ2n) is 7.29. The van der Waals surface area contributed by atoms with E-state index in [2.05, 4.69) is 23.5 Å². The molecule has 1 N–H and O–H groups in total. The maximum atomic E-state index is 12.5. The Bertz CT molecular complexity index is 1080.